The molecule has 3 aromatic rings. The van der Waals surface area contributed by atoms with Crippen molar-refractivity contribution >= 4 is 5.97 Å². The number of esters is 1. The van der Waals surface area contributed by atoms with Gasteiger partial charge in [0.2, 0.25) is 11.6 Å². The van der Waals surface area contributed by atoms with Crippen molar-refractivity contribution in [2.75, 3.05) is 7.11 Å². The molecule has 29 heavy (non-hydrogen) atoms. The molecule has 1 atom stereocenters. The summed E-state index contributed by atoms with van der Waals surface area (Å²) in [5.41, 5.74) is 7.79. The Morgan fingerprint density at radius 3 is 2.69 bits per heavy atom. The zero-order valence-electron chi connectivity index (χ0n) is 15.4. The number of allylic oxidation sites excluding steroid dienone is 1. The number of para-hydroxylation sites is 1. The van der Waals surface area contributed by atoms with E-state index in [-0.39, 0.29) is 23.0 Å². The first kappa shape index (κ1) is 18.2. The van der Waals surface area contributed by atoms with Gasteiger partial charge in [0.25, 0.3) is 0 Å². The summed E-state index contributed by atoms with van der Waals surface area (Å²) >= 11 is 0. The molecule has 2 heterocycles. The van der Waals surface area contributed by atoms with E-state index in [9.17, 15) is 10.1 Å². The predicted molar refractivity (Wildman–Crippen MR) is 102 cm³/mol. The van der Waals surface area contributed by atoms with E-state index >= 15 is 0 Å². The number of benzene rings is 2. The SMILES string of the molecule is COc1ccccc1C1C(C#N)=C(N)Oc2cc(OC(=O)c3ccco3)ccc21. The van der Waals surface area contributed by atoms with Crippen LogP contribution in [-0.2, 0) is 0 Å². The van der Waals surface area contributed by atoms with E-state index in [1.54, 1.807) is 31.4 Å². The number of hydrogen-bond acceptors (Lipinski definition) is 7. The molecular weight excluding hydrogens is 372 g/mol. The Morgan fingerprint density at radius 2 is 1.97 bits per heavy atom. The van der Waals surface area contributed by atoms with Gasteiger partial charge >= 0.3 is 5.97 Å². The fourth-order valence-corrected chi connectivity index (χ4v) is 3.28. The fourth-order valence-electron chi connectivity index (χ4n) is 3.28. The first-order valence-electron chi connectivity index (χ1n) is 8.72. The van der Waals surface area contributed by atoms with Gasteiger partial charge in [0.1, 0.15) is 28.9 Å². The summed E-state index contributed by atoms with van der Waals surface area (Å²) in [6.45, 7) is 0. The summed E-state index contributed by atoms with van der Waals surface area (Å²) in [4.78, 5) is 12.1. The van der Waals surface area contributed by atoms with Crippen LogP contribution in [0.5, 0.6) is 17.2 Å². The van der Waals surface area contributed by atoms with Gasteiger partial charge in [-0.1, -0.05) is 24.3 Å². The second-order valence-corrected chi connectivity index (χ2v) is 6.23. The normalized spacial score (nSPS) is 15.1. The van der Waals surface area contributed by atoms with Crippen molar-refractivity contribution in [3.8, 4) is 23.3 Å². The molecule has 4 rings (SSSR count). The molecule has 0 saturated carbocycles. The molecule has 1 aliphatic heterocycles. The molecule has 0 saturated heterocycles. The highest BCUT2D eigenvalue weighted by atomic mass is 16.5. The minimum atomic E-state index is -0.631. The van der Waals surface area contributed by atoms with Gasteiger partial charge in [-0.25, -0.2) is 4.79 Å². The number of carbonyl (C=O) groups excluding carboxylic acids is 1. The van der Waals surface area contributed by atoms with Gasteiger partial charge in [0.15, 0.2) is 0 Å². The zero-order valence-corrected chi connectivity index (χ0v) is 15.4. The summed E-state index contributed by atoms with van der Waals surface area (Å²) in [5.74, 6) is 0.244. The van der Waals surface area contributed by atoms with Crippen molar-refractivity contribution < 1.29 is 23.4 Å². The van der Waals surface area contributed by atoms with Crippen LogP contribution in [0.2, 0.25) is 0 Å². The van der Waals surface area contributed by atoms with Gasteiger partial charge in [-0.05, 0) is 24.3 Å². The summed E-state index contributed by atoms with van der Waals surface area (Å²) in [6, 6.07) is 17.5. The molecule has 0 amide bonds. The van der Waals surface area contributed by atoms with Crippen LogP contribution >= 0.6 is 0 Å². The van der Waals surface area contributed by atoms with E-state index in [1.807, 2.05) is 24.3 Å². The Balaban J connectivity index is 1.75. The minimum absolute atomic E-state index is 0.00887. The number of carbonyl (C=O) groups is 1. The summed E-state index contributed by atoms with van der Waals surface area (Å²) in [6.07, 6.45) is 1.39. The Kier molecular flexibility index (Phi) is 4.67. The fraction of sp³-hybridized carbons (Fsp3) is 0.0909. The first-order valence-corrected chi connectivity index (χ1v) is 8.72. The molecule has 2 aromatic carbocycles. The van der Waals surface area contributed by atoms with Gasteiger partial charge in [-0.15, -0.1) is 0 Å². The maximum absolute atomic E-state index is 12.1. The van der Waals surface area contributed by atoms with Crippen LogP contribution in [0.1, 0.15) is 27.6 Å². The molecule has 0 fully saturated rings. The molecule has 0 spiro atoms. The summed E-state index contributed by atoms with van der Waals surface area (Å²) < 4.78 is 21.5. The number of ether oxygens (including phenoxy) is 3. The molecule has 144 valence electrons. The van der Waals surface area contributed by atoms with Crippen molar-refractivity contribution in [3.63, 3.8) is 0 Å². The van der Waals surface area contributed by atoms with Crippen LogP contribution in [0.4, 0.5) is 0 Å². The lowest BCUT2D eigenvalue weighted by molar-refractivity contribution is 0.0701. The van der Waals surface area contributed by atoms with Crippen LogP contribution in [0.25, 0.3) is 0 Å². The number of methoxy groups -OCH3 is 1. The summed E-state index contributed by atoms with van der Waals surface area (Å²) in [7, 11) is 1.56. The highest BCUT2D eigenvalue weighted by Gasteiger charge is 2.32. The number of nitrogens with two attached hydrogens (primary N) is 1. The molecular formula is C22H16N2O5. The maximum Gasteiger partial charge on any atom is 0.379 e. The third-order valence-electron chi connectivity index (χ3n) is 4.57. The lowest BCUT2D eigenvalue weighted by atomic mass is 9.83. The smallest absolute Gasteiger partial charge is 0.379 e. The number of nitrogens with zero attached hydrogens (tertiary/aromatic N) is 1. The lowest BCUT2D eigenvalue weighted by Gasteiger charge is -2.27. The number of fused-ring (bicyclic) bond motifs is 1. The number of furan rings is 1. The van der Waals surface area contributed by atoms with Gasteiger partial charge in [-0.3, -0.25) is 0 Å². The Morgan fingerprint density at radius 1 is 1.14 bits per heavy atom. The Labute approximate surface area is 166 Å². The highest BCUT2D eigenvalue weighted by molar-refractivity contribution is 5.88. The van der Waals surface area contributed by atoms with Crippen molar-refractivity contribution in [1.29, 1.82) is 5.26 Å². The van der Waals surface area contributed by atoms with Gasteiger partial charge in [0.05, 0.1) is 19.3 Å². The van der Waals surface area contributed by atoms with Crippen LogP contribution in [0, 0.1) is 11.3 Å². The standard InChI is InChI=1S/C22H16N2O5/c1-26-17-6-3-2-5-14(17)20-15-9-8-13(28-22(25)18-7-4-10-27-18)11-19(15)29-21(24)16(20)12-23/h2-11,20H,24H2,1H3. The van der Waals surface area contributed by atoms with Crippen molar-refractivity contribution in [2.24, 2.45) is 5.73 Å². The van der Waals surface area contributed by atoms with Crippen molar-refractivity contribution in [3.05, 3.63) is 89.2 Å². The Hall–Kier alpha value is -4.18. The van der Waals surface area contributed by atoms with Gasteiger partial charge in [0, 0.05) is 17.2 Å². The summed E-state index contributed by atoms with van der Waals surface area (Å²) in [5, 5.41) is 9.67. The topological polar surface area (TPSA) is 108 Å². The predicted octanol–water partition coefficient (Wildman–Crippen LogP) is 3.73. The molecule has 1 aromatic heterocycles. The molecule has 7 nitrogen and oxygen atoms in total. The quantitative estimate of drug-likeness (QED) is 0.536. The monoisotopic (exact) mass is 388 g/mol. The molecule has 7 heteroatoms. The van der Waals surface area contributed by atoms with Gasteiger partial charge < -0.3 is 24.4 Å². The van der Waals surface area contributed by atoms with E-state index < -0.39 is 11.9 Å². The molecule has 0 aliphatic carbocycles. The number of nitriles is 1. The van der Waals surface area contributed by atoms with Crippen molar-refractivity contribution in [1.82, 2.24) is 0 Å². The molecule has 0 radical (unpaired) electrons. The molecule has 1 unspecified atom stereocenters. The average Bonchev–Trinajstić information content (AvgIpc) is 3.27. The lowest BCUT2D eigenvalue weighted by Crippen LogP contribution is -2.21. The Bertz CT molecular complexity index is 1140. The third-order valence-corrected chi connectivity index (χ3v) is 4.57. The van der Waals surface area contributed by atoms with E-state index in [0.29, 0.717) is 17.1 Å². The third kappa shape index (κ3) is 3.28. The number of hydrogen-bond donors (Lipinski definition) is 1. The van der Waals surface area contributed by atoms with E-state index in [2.05, 4.69) is 6.07 Å². The minimum Gasteiger partial charge on any atom is -0.496 e. The molecule has 1 aliphatic rings. The molecule has 2 N–H and O–H groups in total. The zero-order chi connectivity index (χ0) is 20.4. The van der Waals surface area contributed by atoms with Crippen molar-refractivity contribution in [2.45, 2.75) is 5.92 Å². The highest BCUT2D eigenvalue weighted by Crippen LogP contribution is 2.45. The second kappa shape index (κ2) is 7.44. The first-order chi connectivity index (χ1) is 14.1. The molecule has 0 bridgehead atoms. The van der Waals surface area contributed by atoms with Crippen LogP contribution < -0.4 is 19.9 Å². The number of rotatable bonds is 4. The maximum atomic E-state index is 12.1. The van der Waals surface area contributed by atoms with Crippen LogP contribution in [-0.4, -0.2) is 13.1 Å². The van der Waals surface area contributed by atoms with Crippen LogP contribution in [0.15, 0.2) is 76.7 Å². The van der Waals surface area contributed by atoms with Gasteiger partial charge in [-0.2, -0.15) is 5.26 Å². The van der Waals surface area contributed by atoms with E-state index in [4.69, 9.17) is 24.4 Å². The second-order valence-electron chi connectivity index (χ2n) is 6.23. The van der Waals surface area contributed by atoms with Crippen LogP contribution in [0.3, 0.4) is 0 Å². The van der Waals surface area contributed by atoms with E-state index in [0.717, 1.165) is 5.56 Å². The largest absolute Gasteiger partial charge is 0.496 e. The average molecular weight is 388 g/mol. The van der Waals surface area contributed by atoms with E-state index in [1.165, 1.54) is 12.3 Å².